The maximum Gasteiger partial charge on any atom is 0.127 e. The monoisotopic (exact) mass is 1160 g/mol. The molecule has 1 heterocycles. The summed E-state index contributed by atoms with van der Waals surface area (Å²) in [6, 6.07) is 90.2. The molecule has 2 atom stereocenters. The molecule has 0 amide bonds. The Morgan fingerprint density at radius 2 is 0.671 bits per heavy atom. The molecule has 1 saturated carbocycles. The second-order valence-corrected chi connectivity index (χ2v) is 25.7. The average Bonchev–Trinajstić information content (AvgIpc) is 1.43. The van der Waals surface area contributed by atoms with Crippen molar-refractivity contribution in [1.29, 1.82) is 0 Å². The average molecular weight is 1160 g/mol. The van der Waals surface area contributed by atoms with Gasteiger partial charge in [0.2, 0.25) is 0 Å². The van der Waals surface area contributed by atoms with Gasteiger partial charge in [0.25, 0.3) is 0 Å². The molecule has 7 heteroatoms. The van der Waals surface area contributed by atoms with Crippen molar-refractivity contribution in [3.05, 3.63) is 328 Å². The predicted octanol–water partition coefficient (Wildman–Crippen LogP) is 16.8. The molecule has 10 aromatic carbocycles. The van der Waals surface area contributed by atoms with E-state index in [2.05, 4.69) is 267 Å². The van der Waals surface area contributed by atoms with E-state index in [0.717, 1.165) is 113 Å². The van der Waals surface area contributed by atoms with Crippen LogP contribution in [0.1, 0.15) is 134 Å². The van der Waals surface area contributed by atoms with Gasteiger partial charge < -0.3 is 9.84 Å². The summed E-state index contributed by atoms with van der Waals surface area (Å²) in [6.45, 7) is 13.2. The van der Waals surface area contributed by atoms with Crippen LogP contribution in [-0.2, 0) is 36.8 Å². The Balaban J connectivity index is 0.000000469. The summed E-state index contributed by atoms with van der Waals surface area (Å²) in [7, 11) is 0. The number of hydrogen-bond acceptors (Lipinski definition) is 4. The van der Waals surface area contributed by atoms with E-state index in [1.807, 2.05) is 30.3 Å². The van der Waals surface area contributed by atoms with Crippen molar-refractivity contribution in [3.8, 4) is 28.7 Å². The number of hydrogen-bond donors (Lipinski definition) is 2. The fourth-order valence-corrected chi connectivity index (χ4v) is 14.3. The van der Waals surface area contributed by atoms with Crippen molar-refractivity contribution in [2.75, 3.05) is 0 Å². The first-order valence-electron chi connectivity index (χ1n) is 29.6. The van der Waals surface area contributed by atoms with Gasteiger partial charge in [-0.3, -0.25) is 0 Å². The molecule has 12 rings (SSSR count). The van der Waals surface area contributed by atoms with Crippen molar-refractivity contribution in [2.24, 2.45) is 0 Å². The molecule has 6 nitrogen and oxygen atoms in total. The molecule has 10 aromatic rings. The Hall–Kier alpha value is -8.75. The van der Waals surface area contributed by atoms with Gasteiger partial charge in [0.05, 0.1) is 0 Å². The van der Waals surface area contributed by atoms with E-state index in [4.69, 9.17) is 4.74 Å². The molecule has 2 aliphatic rings. The van der Waals surface area contributed by atoms with Gasteiger partial charge in [-0.2, -0.15) is 0 Å². The number of ether oxygens (including phenoxy) is 1. The van der Waals surface area contributed by atoms with Gasteiger partial charge in [0, 0.05) is 0 Å². The quantitative estimate of drug-likeness (QED) is 0.120. The normalized spacial score (nSPS) is 16.4. The third kappa shape index (κ3) is 11.9. The molecule has 85 heavy (non-hydrogen) atoms. The minimum Gasteiger partial charge on any atom is -0.872 e. The van der Waals surface area contributed by atoms with E-state index in [0.29, 0.717) is 17.2 Å². The van der Waals surface area contributed by atoms with Gasteiger partial charge in [0.15, 0.2) is 0 Å². The zero-order chi connectivity index (χ0) is 59.2. The number of para-hydroxylation sites is 1. The van der Waals surface area contributed by atoms with Crippen LogP contribution in [0.5, 0.6) is 28.7 Å². The number of fused-ring (bicyclic) bond motifs is 1. The van der Waals surface area contributed by atoms with Gasteiger partial charge in [-0.1, -0.05) is 30.3 Å². The second kappa shape index (κ2) is 24.8. The van der Waals surface area contributed by atoms with Crippen LogP contribution < -0.4 is 9.84 Å². The standard InChI is InChI=1S/C66H66N2O2.C12H10O2.Co/c1-63(2,3)57-43-55(65(49-27-13-7-14-28-49,50-29-15-8-16-30-50)51-31-17-9-18-32-51)41-47(61(57)69)45-67-59-39-25-26-40-60(59)68-46-48-42-56(44-58(62(48)70)64(4,5)6)66(52-33-19-10-20-34-52,53-35-21-11-22-36-53)54-37-23-12-24-38-54;13-10-6-8-12(9-7-10)14-11-4-2-1-3-5-11;/h7-24,27-38,41-46,59-60,69-70H,25-26,39-40H2,1-6H3;1-9,13H;/q;;+2/p-1. The maximum absolute atomic E-state index is 12.6. The Morgan fingerprint density at radius 3 is 0.965 bits per heavy atom. The summed E-state index contributed by atoms with van der Waals surface area (Å²) in [4.78, 5) is 0. The van der Waals surface area contributed by atoms with E-state index in [-0.39, 0.29) is 28.7 Å². The molecule has 2 fully saturated rings. The summed E-state index contributed by atoms with van der Waals surface area (Å²) >= 11 is 1.02. The van der Waals surface area contributed by atoms with Gasteiger partial charge in [-0.05, 0) is 24.3 Å². The van der Waals surface area contributed by atoms with Crippen LogP contribution in [0.2, 0.25) is 0 Å². The van der Waals surface area contributed by atoms with E-state index >= 15 is 0 Å². The summed E-state index contributed by atoms with van der Waals surface area (Å²) in [6.07, 6.45) is 8.80. The Kier molecular flexibility index (Phi) is 17.0. The molecule has 0 radical (unpaired) electrons. The number of aromatic hydroxyl groups is 2. The molecular formula is C78H75CoN2O4+. The van der Waals surface area contributed by atoms with Gasteiger partial charge in [-0.25, -0.2) is 0 Å². The van der Waals surface area contributed by atoms with E-state index in [9.17, 15) is 15.3 Å². The van der Waals surface area contributed by atoms with Crippen molar-refractivity contribution >= 4 is 12.4 Å². The topological polar surface area (TPSA) is 78.8 Å². The SMILES string of the molecule is CC(C)(C)c1cc(C(c2ccccc2)(c2ccccc2)c2ccccc2)cc(C=[N+]2[Co][N+](=Cc3cc(C(c4ccccc4)(c4ccccc4)c4ccccc4)cc(C(C)(C)C)c3O)C3CCCCC32)c1O.[O-]c1ccc(Oc2ccccc2)cc1. The molecular weight excluding hydrogens is 1090 g/mol. The number of nitrogens with zero attached hydrogens (tertiary/aromatic N) is 2. The predicted molar refractivity (Wildman–Crippen MR) is 340 cm³/mol. The zero-order valence-corrected chi connectivity index (χ0v) is 50.4. The molecule has 1 saturated heterocycles. The van der Waals surface area contributed by atoms with Crippen LogP contribution in [-0.4, -0.2) is 42.0 Å². The summed E-state index contributed by atoms with van der Waals surface area (Å²) in [5.74, 6) is 2.06. The smallest absolute Gasteiger partial charge is 0.127 e. The number of phenols is 2. The summed E-state index contributed by atoms with van der Waals surface area (Å²) < 4.78 is 10.4. The van der Waals surface area contributed by atoms with Crippen molar-refractivity contribution in [2.45, 2.75) is 101 Å². The molecule has 1 aliphatic heterocycles. The van der Waals surface area contributed by atoms with Crippen molar-refractivity contribution in [3.63, 3.8) is 0 Å². The minimum absolute atomic E-state index is 0.00888. The third-order valence-electron chi connectivity index (χ3n) is 16.8. The number of rotatable bonds is 12. The first-order chi connectivity index (χ1) is 41.1. The van der Waals surface area contributed by atoms with Crippen LogP contribution in [0.4, 0.5) is 0 Å². The number of benzene rings is 10. The van der Waals surface area contributed by atoms with Crippen LogP contribution in [0, 0.1) is 0 Å². The van der Waals surface area contributed by atoms with Crippen molar-refractivity contribution < 1.29 is 42.4 Å². The molecule has 429 valence electrons. The fourth-order valence-electron chi connectivity index (χ4n) is 12.7. The maximum atomic E-state index is 12.6. The fraction of sp³-hybridized carbons (Fsp3) is 0.205. The van der Waals surface area contributed by atoms with Gasteiger partial charge in [0.1, 0.15) is 11.5 Å². The first-order valence-corrected chi connectivity index (χ1v) is 30.6. The minimum atomic E-state index is -0.683. The van der Waals surface area contributed by atoms with E-state index < -0.39 is 10.8 Å². The summed E-state index contributed by atoms with van der Waals surface area (Å²) in [5.41, 5.74) is 10.5. The van der Waals surface area contributed by atoms with Crippen molar-refractivity contribution in [1.82, 2.24) is 0 Å². The molecule has 2 unspecified atom stereocenters. The van der Waals surface area contributed by atoms with Crippen LogP contribution in [0.3, 0.4) is 0 Å². The Labute approximate surface area is 509 Å². The van der Waals surface area contributed by atoms with Gasteiger partial charge in [-0.15, -0.1) is 5.75 Å². The van der Waals surface area contributed by atoms with Gasteiger partial charge >= 0.3 is 431 Å². The Morgan fingerprint density at radius 1 is 0.388 bits per heavy atom. The third-order valence-corrected chi connectivity index (χ3v) is 18.2. The largest absolute Gasteiger partial charge is 0.872 e. The molecule has 0 spiro atoms. The Bertz CT molecular complexity index is 3510. The second-order valence-electron chi connectivity index (χ2n) is 24.4. The van der Waals surface area contributed by atoms with E-state index in [1.165, 1.54) is 12.1 Å². The first kappa shape index (κ1) is 58.0. The van der Waals surface area contributed by atoms with Crippen LogP contribution in [0.25, 0.3) is 0 Å². The molecule has 1 aliphatic carbocycles. The van der Waals surface area contributed by atoms with Crippen LogP contribution >= 0.6 is 0 Å². The molecule has 2 N–H and O–H groups in total. The van der Waals surface area contributed by atoms with Crippen LogP contribution in [0.15, 0.2) is 261 Å². The summed E-state index contributed by atoms with van der Waals surface area (Å²) in [5, 5.41) is 36.0. The zero-order valence-electron chi connectivity index (χ0n) is 49.4. The molecule has 0 bridgehead atoms. The van der Waals surface area contributed by atoms with E-state index in [1.54, 1.807) is 12.1 Å². The molecule has 0 aromatic heterocycles. The number of phenolic OH excluding ortho intramolecular Hbond substituents is 2.